The highest BCUT2D eigenvalue weighted by Crippen LogP contribution is 2.10. The van der Waals surface area contributed by atoms with Crippen molar-refractivity contribution in [3.05, 3.63) is 0 Å². The van der Waals surface area contributed by atoms with Gasteiger partial charge in [-0.25, -0.2) is 0 Å². The van der Waals surface area contributed by atoms with Crippen LogP contribution in [0, 0.1) is 5.92 Å². The van der Waals surface area contributed by atoms with Crippen LogP contribution in [0.5, 0.6) is 0 Å². The van der Waals surface area contributed by atoms with Gasteiger partial charge in [0.1, 0.15) is 0 Å². The van der Waals surface area contributed by atoms with E-state index in [1.54, 1.807) is 0 Å². The number of hydrogen-bond donors (Lipinski definition) is 1. The Hall–Kier alpha value is -0.353. The molecule has 4 heteroatoms. The lowest BCUT2D eigenvalue weighted by atomic mass is 10.1. The van der Waals surface area contributed by atoms with Crippen LogP contribution in [-0.2, 0) is 9.22 Å². The molecule has 0 spiro atoms. The summed E-state index contributed by atoms with van der Waals surface area (Å²) in [5.41, 5.74) is 0. The summed E-state index contributed by atoms with van der Waals surface area (Å²) in [6.45, 7) is 9.62. The zero-order valence-corrected chi connectivity index (χ0v) is 10.1. The Kier molecular flexibility index (Phi) is 4.63. The van der Waals surface area contributed by atoms with Gasteiger partial charge in [0.15, 0.2) is 0 Å². The molecule has 3 nitrogen and oxygen atoms in total. The van der Waals surface area contributed by atoms with Gasteiger partial charge in [-0.2, -0.15) is 0 Å². The molecule has 0 saturated heterocycles. The molecule has 0 aliphatic rings. The maximum Gasteiger partial charge on any atom is 0.295 e. The van der Waals surface area contributed by atoms with Crippen molar-refractivity contribution in [2.75, 3.05) is 0 Å². The largest absolute Gasteiger partial charge is 0.520 e. The molecule has 0 heterocycles. The molecule has 1 unspecified atom stereocenters. The number of aliphatic hydroxyl groups is 1. The van der Waals surface area contributed by atoms with Crippen molar-refractivity contribution >= 4 is 14.3 Å². The van der Waals surface area contributed by atoms with E-state index in [0.717, 1.165) is 0 Å². The fourth-order valence-corrected chi connectivity index (χ4v) is 1.56. The first-order chi connectivity index (χ1) is 5.72. The first kappa shape index (κ1) is 12.6. The smallest absolute Gasteiger partial charge is 0.295 e. The third-order valence-electron chi connectivity index (χ3n) is 1.57. The van der Waals surface area contributed by atoms with Crippen molar-refractivity contribution in [3.8, 4) is 0 Å². The van der Waals surface area contributed by atoms with Crippen molar-refractivity contribution in [3.63, 3.8) is 0 Å². The summed E-state index contributed by atoms with van der Waals surface area (Å²) in [4.78, 5) is 11.2. The van der Waals surface area contributed by atoms with Crippen LogP contribution in [-0.4, -0.2) is 25.5 Å². The first-order valence-corrected chi connectivity index (χ1v) is 8.03. The molecule has 0 saturated carbocycles. The highest BCUT2D eigenvalue weighted by molar-refractivity contribution is 6.71. The fraction of sp³-hybridized carbons (Fsp3) is 0.889. The van der Waals surface area contributed by atoms with Gasteiger partial charge >= 0.3 is 0 Å². The number of rotatable bonds is 4. The molecule has 0 rings (SSSR count). The van der Waals surface area contributed by atoms with Crippen LogP contribution in [0.4, 0.5) is 0 Å². The van der Waals surface area contributed by atoms with Crippen LogP contribution in [0.15, 0.2) is 0 Å². The summed E-state index contributed by atoms with van der Waals surface area (Å²) < 4.78 is 5.20. The van der Waals surface area contributed by atoms with E-state index in [4.69, 9.17) is 4.43 Å². The zero-order valence-electron chi connectivity index (χ0n) is 9.13. The molecule has 13 heavy (non-hydrogen) atoms. The minimum Gasteiger partial charge on any atom is -0.520 e. The van der Waals surface area contributed by atoms with E-state index in [0.29, 0.717) is 0 Å². The second-order valence-electron chi connectivity index (χ2n) is 4.60. The molecule has 0 bridgehead atoms. The van der Waals surface area contributed by atoms with Gasteiger partial charge in [0.25, 0.3) is 5.97 Å². The first-order valence-electron chi connectivity index (χ1n) is 4.62. The zero-order chi connectivity index (χ0) is 10.6. The molecule has 0 radical (unpaired) electrons. The molecule has 1 atom stereocenters. The van der Waals surface area contributed by atoms with Crippen LogP contribution < -0.4 is 0 Å². The average molecular weight is 204 g/mol. The number of hydrogen-bond acceptors (Lipinski definition) is 3. The maximum absolute atomic E-state index is 11.2. The van der Waals surface area contributed by atoms with Crippen LogP contribution in [0.25, 0.3) is 0 Å². The summed E-state index contributed by atoms with van der Waals surface area (Å²) in [5.74, 6) is -0.172. The fourth-order valence-electron chi connectivity index (χ4n) is 0.790. The summed E-state index contributed by atoms with van der Waals surface area (Å²) in [7, 11) is -1.78. The molecule has 0 fully saturated rings. The second-order valence-corrected chi connectivity index (χ2v) is 9.03. The van der Waals surface area contributed by atoms with Crippen molar-refractivity contribution in [2.45, 2.75) is 46.0 Å². The summed E-state index contributed by atoms with van der Waals surface area (Å²) in [6, 6.07) is 0. The molecule has 0 aliphatic carbocycles. The molecule has 0 amide bonds. The van der Waals surface area contributed by atoms with Gasteiger partial charge in [-0.05, 0) is 25.6 Å². The van der Waals surface area contributed by atoms with Crippen LogP contribution in [0.1, 0.15) is 20.3 Å². The number of carbonyl (C=O) groups is 1. The predicted molar refractivity (Wildman–Crippen MR) is 54.9 cm³/mol. The van der Waals surface area contributed by atoms with E-state index in [-0.39, 0.29) is 18.3 Å². The van der Waals surface area contributed by atoms with Gasteiger partial charge in [0.2, 0.25) is 8.32 Å². The SMILES string of the molecule is CC(C)C(O)CC(=O)O[Si](C)(C)C. The molecule has 0 aromatic heterocycles. The van der Waals surface area contributed by atoms with Crippen molar-refractivity contribution in [2.24, 2.45) is 5.92 Å². The van der Waals surface area contributed by atoms with E-state index < -0.39 is 14.4 Å². The van der Waals surface area contributed by atoms with Gasteiger partial charge in [-0.3, -0.25) is 4.79 Å². The molecule has 0 aliphatic heterocycles. The van der Waals surface area contributed by atoms with E-state index in [9.17, 15) is 9.90 Å². The summed E-state index contributed by atoms with van der Waals surface area (Å²) >= 11 is 0. The van der Waals surface area contributed by atoms with E-state index >= 15 is 0 Å². The number of carbonyl (C=O) groups excluding carboxylic acids is 1. The Morgan fingerprint density at radius 3 is 2.15 bits per heavy atom. The number of aliphatic hydroxyl groups excluding tert-OH is 1. The van der Waals surface area contributed by atoms with Gasteiger partial charge in [-0.15, -0.1) is 0 Å². The minimum atomic E-state index is -1.78. The highest BCUT2D eigenvalue weighted by Gasteiger charge is 2.22. The van der Waals surface area contributed by atoms with Gasteiger partial charge in [0.05, 0.1) is 12.5 Å². The normalized spacial score (nSPS) is 14.4. The van der Waals surface area contributed by atoms with Gasteiger partial charge in [0, 0.05) is 0 Å². The lowest BCUT2D eigenvalue weighted by Crippen LogP contribution is -2.31. The van der Waals surface area contributed by atoms with Crippen LogP contribution in [0.2, 0.25) is 19.6 Å². The Balaban J connectivity index is 3.89. The van der Waals surface area contributed by atoms with Crippen molar-refractivity contribution in [1.29, 1.82) is 0 Å². The Bertz CT molecular complexity index is 172. The minimum absolute atomic E-state index is 0.106. The van der Waals surface area contributed by atoms with E-state index in [2.05, 4.69) is 0 Å². The standard InChI is InChI=1S/C9H20O3Si/c1-7(2)8(10)6-9(11)12-13(3,4)5/h7-8,10H,6H2,1-5H3. The Morgan fingerprint density at radius 2 is 1.85 bits per heavy atom. The molecular formula is C9H20O3Si. The molecule has 1 N–H and O–H groups in total. The Morgan fingerprint density at radius 1 is 1.38 bits per heavy atom. The molecule has 0 aromatic rings. The van der Waals surface area contributed by atoms with E-state index in [1.807, 2.05) is 33.5 Å². The van der Waals surface area contributed by atoms with Crippen molar-refractivity contribution < 1.29 is 14.3 Å². The third-order valence-corrected chi connectivity index (χ3v) is 2.41. The van der Waals surface area contributed by atoms with Crippen LogP contribution in [0.3, 0.4) is 0 Å². The molecule has 0 aromatic carbocycles. The molecule has 78 valence electrons. The quantitative estimate of drug-likeness (QED) is 0.710. The monoisotopic (exact) mass is 204 g/mol. The van der Waals surface area contributed by atoms with Crippen molar-refractivity contribution in [1.82, 2.24) is 0 Å². The predicted octanol–water partition coefficient (Wildman–Crippen LogP) is 1.77. The van der Waals surface area contributed by atoms with Crippen LogP contribution >= 0.6 is 0 Å². The van der Waals surface area contributed by atoms with Gasteiger partial charge < -0.3 is 9.53 Å². The topological polar surface area (TPSA) is 46.5 Å². The summed E-state index contributed by atoms with van der Waals surface area (Å²) in [6.07, 6.45) is -0.467. The summed E-state index contributed by atoms with van der Waals surface area (Å²) in [5, 5.41) is 9.41. The highest BCUT2D eigenvalue weighted by atomic mass is 28.4. The Labute approximate surface area is 81.2 Å². The molecular weight excluding hydrogens is 184 g/mol. The van der Waals surface area contributed by atoms with E-state index in [1.165, 1.54) is 0 Å². The van der Waals surface area contributed by atoms with Gasteiger partial charge in [-0.1, -0.05) is 13.8 Å². The lowest BCUT2D eigenvalue weighted by molar-refractivity contribution is -0.137. The maximum atomic E-state index is 11.2. The lowest BCUT2D eigenvalue weighted by Gasteiger charge is -2.20. The average Bonchev–Trinajstić information content (AvgIpc) is 1.81. The third kappa shape index (κ3) is 6.78. The second kappa shape index (κ2) is 4.76.